The van der Waals surface area contributed by atoms with Crippen molar-refractivity contribution < 1.29 is 4.79 Å². The molecule has 2 aromatic heterocycles. The minimum atomic E-state index is -0.154. The van der Waals surface area contributed by atoms with Crippen molar-refractivity contribution in [2.75, 3.05) is 6.54 Å². The van der Waals surface area contributed by atoms with Gasteiger partial charge in [-0.25, -0.2) is 4.98 Å². The highest BCUT2D eigenvalue weighted by Crippen LogP contribution is 2.37. The first-order valence-electron chi connectivity index (χ1n) is 11.3. The third-order valence-corrected chi connectivity index (χ3v) is 6.51. The Balaban J connectivity index is 1.68. The lowest BCUT2D eigenvalue weighted by Crippen LogP contribution is -2.25. The molecule has 31 heavy (non-hydrogen) atoms. The summed E-state index contributed by atoms with van der Waals surface area (Å²) in [4.78, 5) is 36.9. The molecule has 0 radical (unpaired) electrons. The zero-order chi connectivity index (χ0) is 21.5. The second-order valence-corrected chi connectivity index (χ2v) is 9.12. The van der Waals surface area contributed by atoms with Crippen LogP contribution in [0.25, 0.3) is 32.6 Å². The number of nitrogens with zero attached hydrogens (tertiary/aromatic N) is 1. The van der Waals surface area contributed by atoms with Gasteiger partial charge in [0, 0.05) is 35.0 Å². The van der Waals surface area contributed by atoms with E-state index >= 15 is 0 Å². The number of amides is 1. The predicted octanol–water partition coefficient (Wildman–Crippen LogP) is 4.99. The van der Waals surface area contributed by atoms with Crippen molar-refractivity contribution in [1.82, 2.24) is 20.3 Å². The fraction of sp³-hybridized carbons (Fsp3) is 0.400. The van der Waals surface area contributed by atoms with Crippen LogP contribution in [0.5, 0.6) is 0 Å². The van der Waals surface area contributed by atoms with Crippen LogP contribution in [0.2, 0.25) is 0 Å². The van der Waals surface area contributed by atoms with E-state index in [1.807, 2.05) is 24.3 Å². The Bertz CT molecular complexity index is 1340. The van der Waals surface area contributed by atoms with E-state index in [1.54, 1.807) is 6.20 Å². The molecule has 0 atom stereocenters. The Hall–Kier alpha value is -3.15. The Morgan fingerprint density at radius 3 is 2.74 bits per heavy atom. The molecule has 1 saturated carbocycles. The molecule has 4 aromatic rings. The fourth-order valence-electron chi connectivity index (χ4n) is 4.80. The van der Waals surface area contributed by atoms with Gasteiger partial charge in [-0.3, -0.25) is 9.59 Å². The van der Waals surface area contributed by atoms with Crippen LogP contribution in [-0.2, 0) is 0 Å². The number of carbonyl (C=O) groups is 1. The SMILES string of the molecule is CC(C)CCNC(=O)c1ccc2c(c1)c1c(=O)[nH]ccc1c1[nH]c(C3CCCC3)nc21. The molecule has 2 aromatic carbocycles. The number of aromatic amines is 2. The number of fused-ring (bicyclic) bond motifs is 6. The number of benzene rings is 2. The molecule has 0 saturated heterocycles. The summed E-state index contributed by atoms with van der Waals surface area (Å²) in [5.41, 5.74) is 2.19. The molecular weight excluding hydrogens is 388 g/mol. The summed E-state index contributed by atoms with van der Waals surface area (Å²) < 4.78 is 0. The average molecular weight is 417 g/mol. The molecule has 5 rings (SSSR count). The van der Waals surface area contributed by atoms with Crippen LogP contribution in [0, 0.1) is 5.92 Å². The maximum absolute atomic E-state index is 12.8. The van der Waals surface area contributed by atoms with Crippen molar-refractivity contribution in [2.45, 2.75) is 51.9 Å². The van der Waals surface area contributed by atoms with E-state index in [4.69, 9.17) is 4.98 Å². The molecule has 1 aliphatic carbocycles. The average Bonchev–Trinajstić information content (AvgIpc) is 3.43. The Morgan fingerprint density at radius 1 is 1.16 bits per heavy atom. The number of rotatable bonds is 5. The van der Waals surface area contributed by atoms with Gasteiger partial charge < -0.3 is 15.3 Å². The van der Waals surface area contributed by atoms with Crippen molar-refractivity contribution in [3.63, 3.8) is 0 Å². The van der Waals surface area contributed by atoms with Crippen LogP contribution in [0.3, 0.4) is 0 Å². The van der Waals surface area contributed by atoms with Gasteiger partial charge in [-0.1, -0.05) is 32.8 Å². The molecule has 2 heterocycles. The highest BCUT2D eigenvalue weighted by atomic mass is 16.1. The topological polar surface area (TPSA) is 90.6 Å². The maximum atomic E-state index is 12.8. The van der Waals surface area contributed by atoms with Gasteiger partial charge in [0.15, 0.2) is 0 Å². The van der Waals surface area contributed by atoms with Crippen LogP contribution in [-0.4, -0.2) is 27.4 Å². The second-order valence-electron chi connectivity index (χ2n) is 9.12. The van der Waals surface area contributed by atoms with Gasteiger partial charge in [0.25, 0.3) is 11.5 Å². The van der Waals surface area contributed by atoms with Crippen molar-refractivity contribution >= 4 is 38.5 Å². The van der Waals surface area contributed by atoms with E-state index in [0.717, 1.165) is 52.3 Å². The number of aromatic nitrogens is 3. The standard InChI is InChI=1S/C25H28N4O2/c1-14(2)9-11-26-24(30)16-7-8-17-19(13-16)20-18(10-12-27-25(20)31)22-21(17)28-23(29-22)15-5-3-4-6-15/h7-8,10,12-15H,3-6,9,11H2,1-2H3,(H,26,30)(H,27,31)(H,28,29). The zero-order valence-corrected chi connectivity index (χ0v) is 18.0. The van der Waals surface area contributed by atoms with Crippen LogP contribution >= 0.6 is 0 Å². The van der Waals surface area contributed by atoms with Gasteiger partial charge in [-0.05, 0) is 48.8 Å². The van der Waals surface area contributed by atoms with E-state index in [0.29, 0.717) is 29.3 Å². The summed E-state index contributed by atoms with van der Waals surface area (Å²) in [5.74, 6) is 1.88. The Labute approximate surface area is 180 Å². The van der Waals surface area contributed by atoms with Crippen LogP contribution < -0.4 is 10.9 Å². The Morgan fingerprint density at radius 2 is 1.97 bits per heavy atom. The van der Waals surface area contributed by atoms with Gasteiger partial charge in [-0.2, -0.15) is 0 Å². The van der Waals surface area contributed by atoms with Gasteiger partial charge >= 0.3 is 0 Å². The largest absolute Gasteiger partial charge is 0.352 e. The molecule has 1 fully saturated rings. The molecule has 6 nitrogen and oxygen atoms in total. The van der Waals surface area contributed by atoms with Crippen molar-refractivity contribution in [3.8, 4) is 0 Å². The quantitative estimate of drug-likeness (QED) is 0.400. The molecule has 0 spiro atoms. The molecule has 0 unspecified atom stereocenters. The monoisotopic (exact) mass is 416 g/mol. The number of carbonyl (C=O) groups excluding carboxylic acids is 1. The van der Waals surface area contributed by atoms with Crippen LogP contribution in [0.15, 0.2) is 35.3 Å². The number of nitrogens with one attached hydrogen (secondary N) is 3. The third kappa shape index (κ3) is 3.50. The predicted molar refractivity (Wildman–Crippen MR) is 125 cm³/mol. The number of pyridine rings is 1. The van der Waals surface area contributed by atoms with Crippen molar-refractivity contribution in [1.29, 1.82) is 0 Å². The van der Waals surface area contributed by atoms with E-state index in [9.17, 15) is 9.59 Å². The summed E-state index contributed by atoms with van der Waals surface area (Å²) in [5, 5.41) is 6.11. The van der Waals surface area contributed by atoms with Crippen molar-refractivity contribution in [2.24, 2.45) is 5.92 Å². The number of imidazole rings is 1. The van der Waals surface area contributed by atoms with Gasteiger partial charge in [0.2, 0.25) is 0 Å². The first kappa shape index (κ1) is 19.8. The summed E-state index contributed by atoms with van der Waals surface area (Å²) in [6, 6.07) is 7.52. The van der Waals surface area contributed by atoms with Crippen LogP contribution in [0.4, 0.5) is 0 Å². The van der Waals surface area contributed by atoms with Crippen LogP contribution in [0.1, 0.15) is 68.1 Å². The van der Waals surface area contributed by atoms with E-state index in [1.165, 1.54) is 12.8 Å². The van der Waals surface area contributed by atoms with E-state index in [2.05, 4.69) is 29.1 Å². The highest BCUT2D eigenvalue weighted by Gasteiger charge is 2.23. The molecular formula is C25H28N4O2. The molecule has 1 amide bonds. The molecule has 0 aliphatic heterocycles. The second kappa shape index (κ2) is 7.84. The fourth-order valence-corrected chi connectivity index (χ4v) is 4.80. The summed E-state index contributed by atoms with van der Waals surface area (Å²) in [6.07, 6.45) is 7.37. The number of H-pyrrole nitrogens is 2. The summed E-state index contributed by atoms with van der Waals surface area (Å²) in [7, 11) is 0. The minimum Gasteiger partial charge on any atom is -0.352 e. The molecule has 6 heteroatoms. The molecule has 3 N–H and O–H groups in total. The zero-order valence-electron chi connectivity index (χ0n) is 18.0. The van der Waals surface area contributed by atoms with E-state index in [-0.39, 0.29) is 11.5 Å². The molecule has 160 valence electrons. The first-order valence-corrected chi connectivity index (χ1v) is 11.3. The Kier molecular flexibility index (Phi) is 5.00. The lowest BCUT2D eigenvalue weighted by atomic mass is 9.99. The summed E-state index contributed by atoms with van der Waals surface area (Å²) >= 11 is 0. The summed E-state index contributed by atoms with van der Waals surface area (Å²) in [6.45, 7) is 4.91. The highest BCUT2D eigenvalue weighted by molar-refractivity contribution is 6.23. The molecule has 0 bridgehead atoms. The first-order chi connectivity index (χ1) is 15.0. The van der Waals surface area contributed by atoms with Crippen molar-refractivity contribution in [3.05, 3.63) is 52.2 Å². The normalized spacial score (nSPS) is 14.9. The number of hydrogen-bond acceptors (Lipinski definition) is 3. The van der Waals surface area contributed by atoms with Gasteiger partial charge in [0.05, 0.1) is 16.4 Å². The lowest BCUT2D eigenvalue weighted by molar-refractivity contribution is 0.0952. The van der Waals surface area contributed by atoms with E-state index < -0.39 is 0 Å². The number of hydrogen-bond donors (Lipinski definition) is 3. The smallest absolute Gasteiger partial charge is 0.256 e. The van der Waals surface area contributed by atoms with Gasteiger partial charge in [0.1, 0.15) is 5.82 Å². The lowest BCUT2D eigenvalue weighted by Gasteiger charge is -2.09. The maximum Gasteiger partial charge on any atom is 0.256 e. The third-order valence-electron chi connectivity index (χ3n) is 6.51. The minimum absolute atomic E-state index is 0.114. The molecule has 1 aliphatic rings. The van der Waals surface area contributed by atoms with Gasteiger partial charge in [-0.15, -0.1) is 0 Å².